The molecule has 0 radical (unpaired) electrons. The molecular formula is C50H63N7O8. The number of ether oxygens (including phenoxy) is 2. The van der Waals surface area contributed by atoms with Crippen molar-refractivity contribution in [3.63, 3.8) is 0 Å². The Labute approximate surface area is 381 Å². The SMILES string of the molecule is COC(=O)N[C@H](C(=O)N1CCC[C@H]1C(=O)Nc1ccc(-c2ccc(-c3ccc(NC(=O)[C@@H]4CCCN4C(=O)[C@@H](NC(=O)OC)C(C)C)cc3)n2-c2ccc(C(C)(C)C)cc2)cc1)C(C)C. The van der Waals surface area contributed by atoms with Crippen molar-refractivity contribution in [2.75, 3.05) is 37.9 Å². The molecule has 2 aliphatic heterocycles. The lowest BCUT2D eigenvalue weighted by Crippen LogP contribution is -2.54. The Hall–Kier alpha value is -6.64. The second-order valence-electron chi connectivity index (χ2n) is 18.5. The molecule has 0 unspecified atom stereocenters. The van der Waals surface area contributed by atoms with Gasteiger partial charge in [0.2, 0.25) is 23.6 Å². The van der Waals surface area contributed by atoms with Gasteiger partial charge in [0.05, 0.1) is 25.6 Å². The summed E-state index contributed by atoms with van der Waals surface area (Å²) in [5, 5.41) is 11.3. The van der Waals surface area contributed by atoms with E-state index in [9.17, 15) is 28.8 Å². The number of carbonyl (C=O) groups is 6. The van der Waals surface area contributed by atoms with Gasteiger partial charge in [0.25, 0.3) is 0 Å². The van der Waals surface area contributed by atoms with Crippen LogP contribution in [0, 0.1) is 11.8 Å². The number of hydrogen-bond acceptors (Lipinski definition) is 8. The standard InChI is InChI=1S/C50H63N7O8/c1-30(2)42(53-48(62)64-8)46(60)55-28-10-12-40(55)44(58)51-35-20-14-32(15-21-35)38-26-27-39(57(38)37-24-18-34(19-25-37)50(5,6)7)33-16-22-36(23-17-33)52-45(59)41-13-11-29-56(41)47(61)43(31(3)4)54-49(63)65-9/h14-27,30-31,40-43H,10-13,28-29H2,1-9H3,(H,51,58)(H,52,59)(H,53,62)(H,54,63)/t40-,41-,42-,43-/m0/s1. The predicted octanol–water partition coefficient (Wildman–Crippen LogP) is 7.73. The van der Waals surface area contributed by atoms with E-state index in [0.29, 0.717) is 50.1 Å². The summed E-state index contributed by atoms with van der Waals surface area (Å²) < 4.78 is 11.7. The Morgan fingerprint density at radius 2 is 0.954 bits per heavy atom. The molecule has 0 aliphatic carbocycles. The van der Waals surface area contributed by atoms with E-state index in [1.165, 1.54) is 19.8 Å². The van der Waals surface area contributed by atoms with Gasteiger partial charge >= 0.3 is 12.2 Å². The van der Waals surface area contributed by atoms with Crippen LogP contribution in [0.3, 0.4) is 0 Å². The monoisotopic (exact) mass is 889 g/mol. The Kier molecular flexibility index (Phi) is 15.1. The number of nitrogens with one attached hydrogen (secondary N) is 4. The number of aromatic nitrogens is 1. The third kappa shape index (κ3) is 11.0. The number of alkyl carbamates (subject to hydrolysis) is 2. The molecule has 6 rings (SSSR count). The minimum absolute atomic E-state index is 0.0425. The molecule has 0 spiro atoms. The summed E-state index contributed by atoms with van der Waals surface area (Å²) in [5.74, 6) is -1.65. The molecule has 3 heterocycles. The third-order valence-corrected chi connectivity index (χ3v) is 12.2. The van der Waals surface area contributed by atoms with Crippen LogP contribution in [0.25, 0.3) is 28.2 Å². The molecular weight excluding hydrogens is 827 g/mol. The zero-order valence-corrected chi connectivity index (χ0v) is 38.9. The first-order valence-electron chi connectivity index (χ1n) is 22.4. The molecule has 15 heteroatoms. The zero-order chi connectivity index (χ0) is 47.2. The molecule has 2 saturated heterocycles. The summed E-state index contributed by atoms with van der Waals surface area (Å²) in [5.41, 5.74) is 6.90. The van der Waals surface area contributed by atoms with Gasteiger partial charge in [0.15, 0.2) is 0 Å². The molecule has 4 atom stereocenters. The number of likely N-dealkylation sites (tertiary alicyclic amines) is 2. The predicted molar refractivity (Wildman–Crippen MR) is 250 cm³/mol. The molecule has 2 fully saturated rings. The van der Waals surface area contributed by atoms with Gasteiger partial charge in [-0.05, 0) is 108 Å². The van der Waals surface area contributed by atoms with Crippen molar-refractivity contribution >= 4 is 47.2 Å². The fraction of sp³-hybridized carbons (Fsp3) is 0.440. The molecule has 4 aromatic rings. The van der Waals surface area contributed by atoms with Gasteiger partial charge in [-0.3, -0.25) is 19.2 Å². The number of benzene rings is 3. The van der Waals surface area contributed by atoms with Crippen LogP contribution in [-0.4, -0.2) is 102 Å². The average Bonchev–Trinajstić information content (AvgIpc) is 4.08. The normalized spacial score (nSPS) is 17.1. The number of hydrogen-bond donors (Lipinski definition) is 4. The van der Waals surface area contributed by atoms with Gasteiger partial charge in [-0.1, -0.05) is 84.9 Å². The first-order chi connectivity index (χ1) is 30.9. The van der Waals surface area contributed by atoms with Gasteiger partial charge in [-0.15, -0.1) is 0 Å². The summed E-state index contributed by atoms with van der Waals surface area (Å²) >= 11 is 0. The smallest absolute Gasteiger partial charge is 0.407 e. The molecule has 1 aromatic heterocycles. The number of amides is 6. The topological polar surface area (TPSA) is 180 Å². The lowest BCUT2D eigenvalue weighted by atomic mass is 9.87. The van der Waals surface area contributed by atoms with Crippen molar-refractivity contribution < 1.29 is 38.2 Å². The molecule has 65 heavy (non-hydrogen) atoms. The fourth-order valence-corrected chi connectivity index (χ4v) is 8.54. The van der Waals surface area contributed by atoms with Crippen LogP contribution >= 0.6 is 0 Å². The summed E-state index contributed by atoms with van der Waals surface area (Å²) in [7, 11) is 2.49. The first kappa shape index (κ1) is 47.8. The lowest BCUT2D eigenvalue weighted by molar-refractivity contribution is -0.139. The van der Waals surface area contributed by atoms with E-state index in [0.717, 1.165) is 28.2 Å². The van der Waals surface area contributed by atoms with E-state index >= 15 is 0 Å². The maximum absolute atomic E-state index is 13.7. The Bertz CT molecular complexity index is 2210. The maximum Gasteiger partial charge on any atom is 0.407 e. The zero-order valence-electron chi connectivity index (χ0n) is 38.9. The van der Waals surface area contributed by atoms with Crippen LogP contribution in [0.2, 0.25) is 0 Å². The van der Waals surface area contributed by atoms with E-state index < -0.39 is 36.4 Å². The van der Waals surface area contributed by atoms with Crippen LogP contribution in [0.15, 0.2) is 84.9 Å². The van der Waals surface area contributed by atoms with E-state index in [2.05, 4.69) is 83.0 Å². The number of carbonyl (C=O) groups excluding carboxylic acids is 6. The van der Waals surface area contributed by atoms with Crippen molar-refractivity contribution in [2.45, 2.75) is 104 Å². The quantitative estimate of drug-likeness (QED) is 0.105. The fourth-order valence-electron chi connectivity index (χ4n) is 8.54. The Morgan fingerprint density at radius 1 is 0.569 bits per heavy atom. The molecule has 0 saturated carbocycles. The van der Waals surface area contributed by atoms with E-state index in [1.807, 2.05) is 76.2 Å². The molecule has 346 valence electrons. The minimum Gasteiger partial charge on any atom is -0.453 e. The van der Waals surface area contributed by atoms with Gasteiger partial charge in [0, 0.05) is 30.2 Å². The second kappa shape index (κ2) is 20.5. The van der Waals surface area contributed by atoms with E-state index in [1.54, 1.807) is 9.80 Å². The van der Waals surface area contributed by atoms with Gasteiger partial charge < -0.3 is 45.1 Å². The summed E-state index contributed by atoms with van der Waals surface area (Å²) in [4.78, 5) is 81.5. The van der Waals surface area contributed by atoms with Crippen LogP contribution < -0.4 is 21.3 Å². The van der Waals surface area contributed by atoms with Crippen molar-refractivity contribution in [1.29, 1.82) is 0 Å². The summed E-state index contributed by atoms with van der Waals surface area (Å²) in [6.45, 7) is 14.7. The number of nitrogens with zero attached hydrogens (tertiary/aromatic N) is 3. The van der Waals surface area contributed by atoms with E-state index in [4.69, 9.17) is 9.47 Å². The van der Waals surface area contributed by atoms with Crippen molar-refractivity contribution in [1.82, 2.24) is 25.0 Å². The van der Waals surface area contributed by atoms with Crippen LogP contribution in [0.5, 0.6) is 0 Å². The Morgan fingerprint density at radius 3 is 1.29 bits per heavy atom. The molecule has 0 bridgehead atoms. The summed E-state index contributed by atoms with van der Waals surface area (Å²) in [6.07, 6.45) is 0.943. The van der Waals surface area contributed by atoms with Crippen molar-refractivity contribution in [3.8, 4) is 28.2 Å². The second-order valence-corrected chi connectivity index (χ2v) is 18.5. The van der Waals surface area contributed by atoms with Gasteiger partial charge in [-0.25, -0.2) is 9.59 Å². The molecule has 3 aromatic carbocycles. The highest BCUT2D eigenvalue weighted by Gasteiger charge is 2.40. The number of anilines is 2. The molecule has 15 nitrogen and oxygen atoms in total. The highest BCUT2D eigenvalue weighted by molar-refractivity contribution is 6.00. The largest absolute Gasteiger partial charge is 0.453 e. The van der Waals surface area contributed by atoms with Gasteiger partial charge in [0.1, 0.15) is 24.2 Å². The van der Waals surface area contributed by atoms with Gasteiger partial charge in [-0.2, -0.15) is 0 Å². The van der Waals surface area contributed by atoms with Crippen molar-refractivity contribution in [3.05, 3.63) is 90.5 Å². The van der Waals surface area contributed by atoms with Crippen LogP contribution in [0.4, 0.5) is 21.0 Å². The lowest BCUT2D eigenvalue weighted by Gasteiger charge is -2.30. The maximum atomic E-state index is 13.7. The highest BCUT2D eigenvalue weighted by atomic mass is 16.5. The molecule has 6 amide bonds. The number of methoxy groups -OCH3 is 2. The summed E-state index contributed by atoms with van der Waals surface area (Å²) in [6, 6.07) is 24.8. The molecule has 4 N–H and O–H groups in total. The minimum atomic E-state index is -0.825. The van der Waals surface area contributed by atoms with Crippen molar-refractivity contribution in [2.24, 2.45) is 11.8 Å². The number of rotatable bonds is 13. The van der Waals surface area contributed by atoms with Crippen LogP contribution in [-0.2, 0) is 34.1 Å². The van der Waals surface area contributed by atoms with Crippen LogP contribution in [0.1, 0.15) is 79.7 Å². The average molecular weight is 890 g/mol. The first-order valence-corrected chi connectivity index (χ1v) is 22.4. The highest BCUT2D eigenvalue weighted by Crippen LogP contribution is 2.35. The van der Waals surface area contributed by atoms with E-state index in [-0.39, 0.29) is 40.9 Å². The molecule has 2 aliphatic rings. The Balaban J connectivity index is 1.22. The third-order valence-electron chi connectivity index (χ3n) is 12.2.